The fourth-order valence-electron chi connectivity index (χ4n) is 1.44. The molecule has 0 spiro atoms. The highest BCUT2D eigenvalue weighted by molar-refractivity contribution is 5.97. The molecule has 5 nitrogen and oxygen atoms in total. The lowest BCUT2D eigenvalue weighted by atomic mass is 10.1. The maximum atomic E-state index is 11.3. The van der Waals surface area contributed by atoms with E-state index in [2.05, 4.69) is 15.4 Å². The number of hydrazine groups is 1. The van der Waals surface area contributed by atoms with E-state index in [1.165, 1.54) is 0 Å². The average molecular weight is 190 g/mol. The smallest absolute Gasteiger partial charge is 0.265 e. The number of carbonyl (C=O) groups is 1. The molecule has 0 atom stereocenters. The van der Waals surface area contributed by atoms with Gasteiger partial charge in [-0.3, -0.25) is 10.2 Å². The van der Waals surface area contributed by atoms with Gasteiger partial charge in [0.05, 0.1) is 17.4 Å². The van der Waals surface area contributed by atoms with Gasteiger partial charge in [-0.1, -0.05) is 0 Å². The molecule has 0 radical (unpaired) electrons. The number of aromatic amines is 1. The Kier molecular flexibility index (Phi) is 1.94. The first-order valence-corrected chi connectivity index (χ1v) is 4.17. The number of carbonyl (C=O) groups excluding carboxylic acids is 1. The first-order valence-electron chi connectivity index (χ1n) is 4.17. The third kappa shape index (κ3) is 1.23. The molecule has 2 rings (SSSR count). The zero-order chi connectivity index (χ0) is 10.1. The summed E-state index contributed by atoms with van der Waals surface area (Å²) >= 11 is 0. The number of aromatic nitrogens is 2. The van der Waals surface area contributed by atoms with Gasteiger partial charge in [-0.15, -0.1) is 0 Å². The lowest BCUT2D eigenvalue weighted by Gasteiger charge is -2.01. The molecule has 0 aliphatic carbocycles. The van der Waals surface area contributed by atoms with Crippen molar-refractivity contribution in [1.29, 1.82) is 0 Å². The molecule has 2 aromatic rings. The van der Waals surface area contributed by atoms with Crippen molar-refractivity contribution in [2.24, 2.45) is 5.84 Å². The number of nitrogens with one attached hydrogen (secondary N) is 2. The predicted octanol–water partition coefficient (Wildman–Crippen LogP) is 0.475. The highest BCUT2D eigenvalue weighted by Gasteiger charge is 2.07. The van der Waals surface area contributed by atoms with Crippen LogP contribution < -0.4 is 11.3 Å². The summed E-state index contributed by atoms with van der Waals surface area (Å²) in [5.74, 6) is 4.75. The Bertz CT molecular complexity index is 489. The van der Waals surface area contributed by atoms with Gasteiger partial charge < -0.3 is 4.98 Å². The number of imidazole rings is 1. The van der Waals surface area contributed by atoms with Gasteiger partial charge in [0.2, 0.25) is 0 Å². The number of H-pyrrole nitrogens is 1. The summed E-state index contributed by atoms with van der Waals surface area (Å²) in [4.78, 5) is 18.3. The van der Waals surface area contributed by atoms with Crippen LogP contribution in [-0.4, -0.2) is 15.9 Å². The molecule has 0 aliphatic rings. The predicted molar refractivity (Wildman–Crippen MR) is 52.5 cm³/mol. The summed E-state index contributed by atoms with van der Waals surface area (Å²) in [6, 6.07) is 3.48. The average Bonchev–Trinajstić information content (AvgIpc) is 2.64. The minimum Gasteiger partial charge on any atom is -0.345 e. The molecule has 14 heavy (non-hydrogen) atoms. The van der Waals surface area contributed by atoms with Gasteiger partial charge in [-0.2, -0.15) is 0 Å². The molecule has 5 heteroatoms. The molecular weight excluding hydrogens is 180 g/mol. The molecule has 0 saturated carbocycles. The van der Waals surface area contributed by atoms with Crippen LogP contribution in [0.2, 0.25) is 0 Å². The zero-order valence-electron chi connectivity index (χ0n) is 7.66. The molecule has 1 aromatic carbocycles. The summed E-state index contributed by atoms with van der Waals surface area (Å²) in [5, 5.41) is 0. The molecule has 0 aliphatic heterocycles. The molecule has 1 aromatic heterocycles. The molecule has 1 heterocycles. The van der Waals surface area contributed by atoms with Crippen molar-refractivity contribution in [3.63, 3.8) is 0 Å². The molecule has 0 fully saturated rings. The molecule has 0 unspecified atom stereocenters. The minimum atomic E-state index is -0.301. The fourth-order valence-corrected chi connectivity index (χ4v) is 1.44. The number of aryl methyl sites for hydroxylation is 1. The van der Waals surface area contributed by atoms with Gasteiger partial charge in [-0.25, -0.2) is 10.8 Å². The van der Waals surface area contributed by atoms with E-state index in [9.17, 15) is 4.79 Å². The summed E-state index contributed by atoms with van der Waals surface area (Å²) in [5.41, 5.74) is 5.28. The van der Waals surface area contributed by atoms with Crippen LogP contribution in [0.4, 0.5) is 0 Å². The molecule has 0 saturated heterocycles. The lowest BCUT2D eigenvalue weighted by Crippen LogP contribution is -2.29. The number of nitrogen functional groups attached to an aromatic ring is 1. The van der Waals surface area contributed by atoms with Gasteiger partial charge in [0.1, 0.15) is 0 Å². The van der Waals surface area contributed by atoms with E-state index in [1.807, 2.05) is 6.92 Å². The first kappa shape index (κ1) is 8.71. The van der Waals surface area contributed by atoms with Crippen LogP contribution in [0.5, 0.6) is 0 Å². The Labute approximate surface area is 80.3 Å². The summed E-state index contributed by atoms with van der Waals surface area (Å²) in [6.07, 6.45) is 1.60. The van der Waals surface area contributed by atoms with E-state index in [4.69, 9.17) is 5.84 Å². The maximum Gasteiger partial charge on any atom is 0.265 e. The van der Waals surface area contributed by atoms with Gasteiger partial charge in [-0.05, 0) is 24.6 Å². The number of hydrogen-bond acceptors (Lipinski definition) is 3. The number of fused-ring (bicyclic) bond motifs is 1. The highest BCUT2D eigenvalue weighted by Crippen LogP contribution is 2.16. The van der Waals surface area contributed by atoms with Crippen molar-refractivity contribution < 1.29 is 4.79 Å². The van der Waals surface area contributed by atoms with E-state index in [-0.39, 0.29) is 5.91 Å². The number of nitrogens with two attached hydrogens (primary N) is 1. The van der Waals surface area contributed by atoms with E-state index >= 15 is 0 Å². The van der Waals surface area contributed by atoms with E-state index < -0.39 is 0 Å². The third-order valence-electron chi connectivity index (χ3n) is 2.11. The number of amides is 1. The van der Waals surface area contributed by atoms with Crippen LogP contribution in [0, 0.1) is 6.92 Å². The molecule has 1 amide bonds. The minimum absolute atomic E-state index is 0.301. The van der Waals surface area contributed by atoms with E-state index in [0.29, 0.717) is 5.56 Å². The SMILES string of the molecule is Cc1cc(C(=O)NN)cc2[nH]cnc12. The molecular formula is C9H10N4O. The highest BCUT2D eigenvalue weighted by atomic mass is 16.2. The van der Waals surface area contributed by atoms with Gasteiger partial charge >= 0.3 is 0 Å². The van der Waals surface area contributed by atoms with Gasteiger partial charge in [0, 0.05) is 5.56 Å². The Hall–Kier alpha value is -1.88. The van der Waals surface area contributed by atoms with Crippen molar-refractivity contribution in [2.45, 2.75) is 6.92 Å². The van der Waals surface area contributed by atoms with Crippen molar-refractivity contribution >= 4 is 16.9 Å². The zero-order valence-corrected chi connectivity index (χ0v) is 7.66. The van der Waals surface area contributed by atoms with Crippen LogP contribution in [0.3, 0.4) is 0 Å². The van der Waals surface area contributed by atoms with Crippen LogP contribution in [0.15, 0.2) is 18.5 Å². The Morgan fingerprint density at radius 1 is 1.57 bits per heavy atom. The second-order valence-corrected chi connectivity index (χ2v) is 3.07. The topological polar surface area (TPSA) is 83.8 Å². The largest absolute Gasteiger partial charge is 0.345 e. The number of nitrogens with zero attached hydrogens (tertiary/aromatic N) is 1. The number of hydrogen-bond donors (Lipinski definition) is 3. The third-order valence-corrected chi connectivity index (χ3v) is 2.11. The van der Waals surface area contributed by atoms with Gasteiger partial charge in [0.25, 0.3) is 5.91 Å². The van der Waals surface area contributed by atoms with Crippen LogP contribution >= 0.6 is 0 Å². The van der Waals surface area contributed by atoms with Crippen molar-refractivity contribution in [1.82, 2.24) is 15.4 Å². The Balaban J connectivity index is 2.64. The van der Waals surface area contributed by atoms with Crippen LogP contribution in [0.1, 0.15) is 15.9 Å². The van der Waals surface area contributed by atoms with Crippen molar-refractivity contribution in [3.05, 3.63) is 29.6 Å². The second-order valence-electron chi connectivity index (χ2n) is 3.07. The quantitative estimate of drug-likeness (QED) is 0.347. The lowest BCUT2D eigenvalue weighted by molar-refractivity contribution is 0.0953. The maximum absolute atomic E-state index is 11.3. The van der Waals surface area contributed by atoms with Crippen LogP contribution in [0.25, 0.3) is 11.0 Å². The van der Waals surface area contributed by atoms with Crippen LogP contribution in [-0.2, 0) is 0 Å². The molecule has 72 valence electrons. The van der Waals surface area contributed by atoms with Gasteiger partial charge in [0.15, 0.2) is 0 Å². The molecule has 0 bridgehead atoms. The summed E-state index contributed by atoms with van der Waals surface area (Å²) in [6.45, 7) is 1.90. The van der Waals surface area contributed by atoms with E-state index in [0.717, 1.165) is 16.6 Å². The van der Waals surface area contributed by atoms with E-state index in [1.54, 1.807) is 18.5 Å². The number of rotatable bonds is 1. The molecule has 4 N–H and O–H groups in total. The van der Waals surface area contributed by atoms with Crippen molar-refractivity contribution in [2.75, 3.05) is 0 Å². The monoisotopic (exact) mass is 190 g/mol. The Morgan fingerprint density at radius 2 is 2.36 bits per heavy atom. The first-order chi connectivity index (χ1) is 6.72. The second kappa shape index (κ2) is 3.12. The van der Waals surface area contributed by atoms with Crippen molar-refractivity contribution in [3.8, 4) is 0 Å². The summed E-state index contributed by atoms with van der Waals surface area (Å²) in [7, 11) is 0. The Morgan fingerprint density at radius 3 is 3.07 bits per heavy atom. The summed E-state index contributed by atoms with van der Waals surface area (Å²) < 4.78 is 0. The standard InChI is InChI=1S/C9H10N4O/c1-5-2-6(9(14)13-10)3-7-8(5)12-4-11-7/h2-4H,10H2,1H3,(H,11,12)(H,13,14). The number of benzene rings is 1. The fraction of sp³-hybridized carbons (Fsp3) is 0.111. The normalized spacial score (nSPS) is 10.4.